The number of halogens is 1. The predicted octanol–water partition coefficient (Wildman–Crippen LogP) is 2.89. The van der Waals surface area contributed by atoms with Gasteiger partial charge in [-0.25, -0.2) is 0 Å². The second-order valence-electron chi connectivity index (χ2n) is 3.57. The van der Waals surface area contributed by atoms with E-state index < -0.39 is 0 Å². The Bertz CT molecular complexity index is 398. The summed E-state index contributed by atoms with van der Waals surface area (Å²) < 4.78 is 11.9. The van der Waals surface area contributed by atoms with Crippen LogP contribution in [0.3, 0.4) is 0 Å². The van der Waals surface area contributed by atoms with Gasteiger partial charge in [0, 0.05) is 11.1 Å². The first-order valence-corrected chi connectivity index (χ1v) is 6.59. The van der Waals surface area contributed by atoms with E-state index in [-0.39, 0.29) is 6.10 Å². The Morgan fingerprint density at radius 1 is 1.53 bits per heavy atom. The number of thiocarbonyl (C=S) groups is 1. The molecular formula is C12H16BrNO2S. The van der Waals surface area contributed by atoms with Gasteiger partial charge in [-0.3, -0.25) is 0 Å². The number of nitrogens with two attached hydrogens (primary N) is 1. The summed E-state index contributed by atoms with van der Waals surface area (Å²) in [6, 6.07) is 5.62. The molecule has 0 aliphatic rings. The van der Waals surface area contributed by atoms with Crippen LogP contribution in [0.5, 0.6) is 5.75 Å². The van der Waals surface area contributed by atoms with Crippen LogP contribution < -0.4 is 10.5 Å². The first kappa shape index (κ1) is 14.4. The van der Waals surface area contributed by atoms with E-state index in [1.54, 1.807) is 0 Å². The monoisotopic (exact) mass is 317 g/mol. The van der Waals surface area contributed by atoms with Gasteiger partial charge in [0.15, 0.2) is 0 Å². The molecule has 1 aromatic rings. The van der Waals surface area contributed by atoms with Crippen molar-refractivity contribution < 1.29 is 9.47 Å². The summed E-state index contributed by atoms with van der Waals surface area (Å²) in [5.74, 6) is 0.680. The van der Waals surface area contributed by atoms with Gasteiger partial charge in [-0.1, -0.05) is 18.3 Å². The number of hydrogen-bond acceptors (Lipinski definition) is 3. The Morgan fingerprint density at radius 2 is 2.24 bits per heavy atom. The Kier molecular flexibility index (Phi) is 5.88. The summed E-state index contributed by atoms with van der Waals surface area (Å²) in [7, 11) is 0. The van der Waals surface area contributed by atoms with Crippen LogP contribution in [0, 0.1) is 0 Å². The first-order chi connectivity index (χ1) is 8.06. The van der Waals surface area contributed by atoms with Gasteiger partial charge in [0.2, 0.25) is 0 Å². The Morgan fingerprint density at radius 3 is 2.82 bits per heavy atom. The number of benzene rings is 1. The van der Waals surface area contributed by atoms with Crippen molar-refractivity contribution in [1.29, 1.82) is 0 Å². The smallest absolute Gasteiger partial charge is 0.131 e. The number of ether oxygens (including phenoxy) is 2. The van der Waals surface area contributed by atoms with E-state index in [0.29, 0.717) is 24.0 Å². The summed E-state index contributed by atoms with van der Waals surface area (Å²) >= 11 is 8.43. The highest BCUT2D eigenvalue weighted by atomic mass is 79.9. The van der Waals surface area contributed by atoms with Gasteiger partial charge in [0.1, 0.15) is 16.8 Å². The molecule has 0 saturated carbocycles. The zero-order valence-corrected chi connectivity index (χ0v) is 12.3. The Balaban J connectivity index is 2.83. The topological polar surface area (TPSA) is 44.5 Å². The fraction of sp³-hybridized carbons (Fsp3) is 0.417. The molecule has 1 atom stereocenters. The van der Waals surface area contributed by atoms with Crippen LogP contribution in [-0.2, 0) is 4.74 Å². The van der Waals surface area contributed by atoms with Crippen LogP contribution >= 0.6 is 28.1 Å². The van der Waals surface area contributed by atoms with E-state index in [4.69, 9.17) is 27.4 Å². The van der Waals surface area contributed by atoms with Crippen molar-refractivity contribution in [2.24, 2.45) is 5.73 Å². The summed E-state index contributed by atoms with van der Waals surface area (Å²) in [5.41, 5.74) is 6.41. The molecule has 3 nitrogen and oxygen atoms in total. The van der Waals surface area contributed by atoms with Crippen molar-refractivity contribution in [2.45, 2.75) is 20.0 Å². The second-order valence-corrected chi connectivity index (χ2v) is 4.86. The molecule has 1 aromatic carbocycles. The average molecular weight is 318 g/mol. The van der Waals surface area contributed by atoms with Crippen molar-refractivity contribution in [3.63, 3.8) is 0 Å². The van der Waals surface area contributed by atoms with Gasteiger partial charge >= 0.3 is 0 Å². The quantitative estimate of drug-likeness (QED) is 0.819. The lowest BCUT2D eigenvalue weighted by molar-refractivity contribution is 0.0656. The summed E-state index contributed by atoms with van der Waals surface area (Å²) in [5, 5.41) is 0. The van der Waals surface area contributed by atoms with Crippen LogP contribution in [-0.4, -0.2) is 24.3 Å². The Hall–Kier alpha value is -0.650. The van der Waals surface area contributed by atoms with Gasteiger partial charge in [0.05, 0.1) is 12.2 Å². The van der Waals surface area contributed by atoms with Gasteiger partial charge in [0.25, 0.3) is 0 Å². The van der Waals surface area contributed by atoms with Crippen LogP contribution in [0.2, 0.25) is 0 Å². The highest BCUT2D eigenvalue weighted by molar-refractivity contribution is 9.10. The highest BCUT2D eigenvalue weighted by Crippen LogP contribution is 2.27. The third-order valence-corrected chi connectivity index (χ3v) is 2.97. The molecule has 0 aliphatic heterocycles. The SMILES string of the molecule is CCOCC(C)Oc1cccc(Br)c1C(N)=S. The van der Waals surface area contributed by atoms with E-state index in [0.717, 1.165) is 10.0 Å². The van der Waals surface area contributed by atoms with E-state index >= 15 is 0 Å². The largest absolute Gasteiger partial charge is 0.488 e. The van der Waals surface area contributed by atoms with Crippen LogP contribution in [0.15, 0.2) is 22.7 Å². The molecule has 0 radical (unpaired) electrons. The molecule has 0 bridgehead atoms. The lowest BCUT2D eigenvalue weighted by Crippen LogP contribution is -2.21. The van der Waals surface area contributed by atoms with E-state index in [2.05, 4.69) is 15.9 Å². The minimum Gasteiger partial charge on any atom is -0.488 e. The predicted molar refractivity (Wildman–Crippen MR) is 76.6 cm³/mol. The summed E-state index contributed by atoms with van der Waals surface area (Å²) in [6.45, 7) is 5.11. The maximum absolute atomic E-state index is 5.77. The molecule has 94 valence electrons. The van der Waals surface area contributed by atoms with Crippen LogP contribution in [0.1, 0.15) is 19.4 Å². The third kappa shape index (κ3) is 4.26. The minimum atomic E-state index is -0.0441. The van der Waals surface area contributed by atoms with Crippen LogP contribution in [0.25, 0.3) is 0 Å². The molecule has 1 unspecified atom stereocenters. The van der Waals surface area contributed by atoms with Crippen molar-refractivity contribution in [2.75, 3.05) is 13.2 Å². The normalized spacial score (nSPS) is 12.2. The zero-order chi connectivity index (χ0) is 12.8. The third-order valence-electron chi connectivity index (χ3n) is 2.11. The van der Waals surface area contributed by atoms with E-state index in [1.165, 1.54) is 0 Å². The van der Waals surface area contributed by atoms with Gasteiger partial charge in [-0.15, -0.1) is 0 Å². The summed E-state index contributed by atoms with van der Waals surface area (Å²) in [4.78, 5) is 0.316. The molecule has 0 spiro atoms. The molecule has 0 fully saturated rings. The first-order valence-electron chi connectivity index (χ1n) is 5.39. The zero-order valence-electron chi connectivity index (χ0n) is 9.90. The molecule has 0 saturated heterocycles. The number of rotatable bonds is 6. The fourth-order valence-electron chi connectivity index (χ4n) is 1.38. The maximum atomic E-state index is 5.77. The van der Waals surface area contributed by atoms with Gasteiger partial charge < -0.3 is 15.2 Å². The van der Waals surface area contributed by atoms with Gasteiger partial charge in [-0.2, -0.15) is 0 Å². The fourth-order valence-corrected chi connectivity index (χ4v) is 2.28. The molecule has 17 heavy (non-hydrogen) atoms. The molecule has 0 amide bonds. The maximum Gasteiger partial charge on any atom is 0.131 e. The van der Waals surface area contributed by atoms with E-state index in [9.17, 15) is 0 Å². The average Bonchev–Trinajstić information content (AvgIpc) is 2.25. The summed E-state index contributed by atoms with van der Waals surface area (Å²) in [6.07, 6.45) is -0.0441. The standard InChI is InChI=1S/C12H16BrNO2S/c1-3-15-7-8(2)16-10-6-4-5-9(13)11(10)12(14)17/h4-6,8H,3,7H2,1-2H3,(H2,14,17). The minimum absolute atomic E-state index is 0.0441. The molecule has 5 heteroatoms. The van der Waals surface area contributed by atoms with E-state index in [1.807, 2.05) is 32.0 Å². The van der Waals surface area contributed by atoms with Crippen LogP contribution in [0.4, 0.5) is 0 Å². The molecular weight excluding hydrogens is 302 g/mol. The molecule has 0 heterocycles. The van der Waals surface area contributed by atoms with Crippen molar-refractivity contribution in [3.8, 4) is 5.75 Å². The lowest BCUT2D eigenvalue weighted by atomic mass is 10.2. The number of hydrogen-bond donors (Lipinski definition) is 1. The second kappa shape index (κ2) is 6.93. The molecule has 0 aromatic heterocycles. The van der Waals surface area contributed by atoms with Crippen molar-refractivity contribution in [3.05, 3.63) is 28.2 Å². The molecule has 1 rings (SSSR count). The molecule has 2 N–H and O–H groups in total. The Labute approximate surface area is 115 Å². The molecule has 0 aliphatic carbocycles. The van der Waals surface area contributed by atoms with Crippen molar-refractivity contribution >= 4 is 33.1 Å². The van der Waals surface area contributed by atoms with Crippen molar-refractivity contribution in [1.82, 2.24) is 0 Å². The van der Waals surface area contributed by atoms with Gasteiger partial charge in [-0.05, 0) is 41.9 Å². The highest BCUT2D eigenvalue weighted by Gasteiger charge is 2.13. The lowest BCUT2D eigenvalue weighted by Gasteiger charge is -2.17.